The Balaban J connectivity index is 1.57. The standard InChI is InChI=1S/C24H29N3O2/c1-24(2,3)27(17-19-9-5-4-6-10-19)18-21-12-13-22(29-21)23(28)26-16-14-20-11-7-8-15-25-20/h4-13,15H,14,16-18H2,1-3H3,(H,26,28). The lowest BCUT2D eigenvalue weighted by Gasteiger charge is -2.35. The molecule has 5 nitrogen and oxygen atoms in total. The number of amides is 1. The van der Waals surface area contributed by atoms with Crippen molar-refractivity contribution in [2.75, 3.05) is 6.54 Å². The van der Waals surface area contributed by atoms with Crippen LogP contribution in [0.3, 0.4) is 0 Å². The van der Waals surface area contributed by atoms with E-state index in [2.05, 4.69) is 60.2 Å². The van der Waals surface area contributed by atoms with E-state index in [1.165, 1.54) is 5.56 Å². The molecule has 0 bridgehead atoms. The van der Waals surface area contributed by atoms with Crippen LogP contribution in [0.4, 0.5) is 0 Å². The number of hydrogen-bond acceptors (Lipinski definition) is 4. The third-order valence-electron chi connectivity index (χ3n) is 4.79. The lowest BCUT2D eigenvalue weighted by atomic mass is 10.0. The number of nitrogens with zero attached hydrogens (tertiary/aromatic N) is 2. The van der Waals surface area contributed by atoms with Crippen LogP contribution in [0.25, 0.3) is 0 Å². The van der Waals surface area contributed by atoms with Crippen molar-refractivity contribution in [2.45, 2.75) is 45.8 Å². The highest BCUT2D eigenvalue weighted by Crippen LogP contribution is 2.21. The molecule has 0 saturated heterocycles. The molecule has 1 aromatic carbocycles. The molecule has 29 heavy (non-hydrogen) atoms. The number of pyridine rings is 1. The van der Waals surface area contributed by atoms with E-state index in [1.54, 1.807) is 12.3 Å². The van der Waals surface area contributed by atoms with Crippen LogP contribution in [0.1, 0.15) is 48.3 Å². The van der Waals surface area contributed by atoms with Gasteiger partial charge in [-0.1, -0.05) is 36.4 Å². The molecule has 152 valence electrons. The molecule has 0 aliphatic carbocycles. The van der Waals surface area contributed by atoms with Crippen LogP contribution in [0, 0.1) is 0 Å². The van der Waals surface area contributed by atoms with Gasteiger partial charge in [0.25, 0.3) is 5.91 Å². The van der Waals surface area contributed by atoms with Crippen molar-refractivity contribution in [3.63, 3.8) is 0 Å². The first-order valence-corrected chi connectivity index (χ1v) is 9.97. The van der Waals surface area contributed by atoms with Crippen molar-refractivity contribution in [1.29, 1.82) is 0 Å². The zero-order valence-electron chi connectivity index (χ0n) is 17.4. The normalized spacial score (nSPS) is 11.6. The summed E-state index contributed by atoms with van der Waals surface area (Å²) in [6.45, 7) is 8.53. The van der Waals surface area contributed by atoms with Crippen LogP contribution in [0.5, 0.6) is 0 Å². The van der Waals surface area contributed by atoms with Gasteiger partial charge in [0.15, 0.2) is 5.76 Å². The highest BCUT2D eigenvalue weighted by molar-refractivity contribution is 5.91. The van der Waals surface area contributed by atoms with E-state index >= 15 is 0 Å². The fourth-order valence-corrected chi connectivity index (χ4v) is 3.04. The Kier molecular flexibility index (Phi) is 6.83. The molecule has 3 rings (SSSR count). The molecule has 0 aliphatic rings. The second-order valence-corrected chi connectivity index (χ2v) is 8.11. The summed E-state index contributed by atoms with van der Waals surface area (Å²) in [7, 11) is 0. The third-order valence-corrected chi connectivity index (χ3v) is 4.79. The first kappa shape index (κ1) is 20.8. The van der Waals surface area contributed by atoms with E-state index in [4.69, 9.17) is 4.42 Å². The summed E-state index contributed by atoms with van der Waals surface area (Å²) < 4.78 is 5.84. The van der Waals surface area contributed by atoms with Gasteiger partial charge < -0.3 is 9.73 Å². The summed E-state index contributed by atoms with van der Waals surface area (Å²) >= 11 is 0. The summed E-state index contributed by atoms with van der Waals surface area (Å²) in [4.78, 5) is 19.0. The van der Waals surface area contributed by atoms with Gasteiger partial charge in [-0.3, -0.25) is 14.7 Å². The molecule has 0 unspecified atom stereocenters. The number of benzene rings is 1. The van der Waals surface area contributed by atoms with Crippen molar-refractivity contribution < 1.29 is 9.21 Å². The minimum absolute atomic E-state index is 0.0340. The number of rotatable bonds is 8. The van der Waals surface area contributed by atoms with Crippen LogP contribution in [-0.2, 0) is 19.5 Å². The molecule has 2 aromatic heterocycles. The minimum Gasteiger partial charge on any atom is -0.455 e. The van der Waals surface area contributed by atoms with E-state index in [1.807, 2.05) is 30.3 Å². The van der Waals surface area contributed by atoms with E-state index < -0.39 is 0 Å². The predicted octanol–water partition coefficient (Wildman–Crippen LogP) is 4.45. The zero-order chi connectivity index (χ0) is 20.7. The van der Waals surface area contributed by atoms with Crippen molar-refractivity contribution in [3.8, 4) is 0 Å². The highest BCUT2D eigenvalue weighted by Gasteiger charge is 2.23. The number of nitrogens with one attached hydrogen (secondary N) is 1. The molecular formula is C24H29N3O2. The Morgan fingerprint density at radius 2 is 1.76 bits per heavy atom. The van der Waals surface area contributed by atoms with Crippen molar-refractivity contribution in [1.82, 2.24) is 15.2 Å². The van der Waals surface area contributed by atoms with E-state index in [0.717, 1.165) is 18.0 Å². The lowest BCUT2D eigenvalue weighted by Crippen LogP contribution is -2.40. The molecule has 1 amide bonds. The van der Waals surface area contributed by atoms with Gasteiger partial charge in [0.05, 0.1) is 6.54 Å². The van der Waals surface area contributed by atoms with Gasteiger partial charge in [-0.25, -0.2) is 0 Å². The average Bonchev–Trinajstić information content (AvgIpc) is 3.17. The first-order valence-electron chi connectivity index (χ1n) is 9.97. The van der Waals surface area contributed by atoms with E-state index in [9.17, 15) is 4.79 Å². The molecule has 0 spiro atoms. The molecule has 0 atom stereocenters. The Morgan fingerprint density at radius 3 is 2.45 bits per heavy atom. The van der Waals surface area contributed by atoms with E-state index in [-0.39, 0.29) is 11.4 Å². The molecular weight excluding hydrogens is 362 g/mol. The number of hydrogen-bond donors (Lipinski definition) is 1. The maximum Gasteiger partial charge on any atom is 0.287 e. The van der Waals surface area contributed by atoms with Crippen molar-refractivity contribution in [2.24, 2.45) is 0 Å². The third kappa shape index (κ3) is 6.29. The van der Waals surface area contributed by atoms with Crippen LogP contribution in [-0.4, -0.2) is 27.9 Å². The molecule has 1 N–H and O–H groups in total. The van der Waals surface area contributed by atoms with Gasteiger partial charge in [-0.05, 0) is 50.6 Å². The largest absolute Gasteiger partial charge is 0.455 e. The maximum absolute atomic E-state index is 12.4. The second kappa shape index (κ2) is 9.52. The van der Waals surface area contributed by atoms with Crippen LogP contribution in [0.15, 0.2) is 71.3 Å². The maximum atomic E-state index is 12.4. The molecule has 0 fully saturated rings. The topological polar surface area (TPSA) is 58.4 Å². The Hall–Kier alpha value is -2.92. The van der Waals surface area contributed by atoms with Crippen LogP contribution in [0.2, 0.25) is 0 Å². The molecule has 0 aliphatic heterocycles. The zero-order valence-corrected chi connectivity index (χ0v) is 17.4. The van der Waals surface area contributed by atoms with Crippen molar-refractivity contribution >= 4 is 5.91 Å². The summed E-state index contributed by atoms with van der Waals surface area (Å²) in [5.41, 5.74) is 2.17. The highest BCUT2D eigenvalue weighted by atomic mass is 16.4. The second-order valence-electron chi connectivity index (χ2n) is 8.11. The summed E-state index contributed by atoms with van der Waals surface area (Å²) in [6.07, 6.45) is 2.45. The quantitative estimate of drug-likeness (QED) is 0.616. The van der Waals surface area contributed by atoms with Gasteiger partial charge in [0.1, 0.15) is 5.76 Å². The number of furan rings is 1. The summed E-state index contributed by atoms with van der Waals surface area (Å²) in [5, 5.41) is 2.90. The first-order chi connectivity index (χ1) is 13.9. The molecule has 3 aromatic rings. The van der Waals surface area contributed by atoms with Gasteiger partial charge in [-0.15, -0.1) is 0 Å². The summed E-state index contributed by atoms with van der Waals surface area (Å²) in [6, 6.07) is 19.8. The predicted molar refractivity (Wildman–Crippen MR) is 114 cm³/mol. The molecule has 0 radical (unpaired) electrons. The van der Waals surface area contributed by atoms with Crippen LogP contribution < -0.4 is 5.32 Å². The van der Waals surface area contributed by atoms with Crippen molar-refractivity contribution in [3.05, 3.63) is 89.6 Å². The Labute approximate surface area is 172 Å². The molecule has 2 heterocycles. The van der Waals surface area contributed by atoms with Gasteiger partial charge in [0, 0.05) is 36.9 Å². The Bertz CT molecular complexity index is 899. The van der Waals surface area contributed by atoms with Gasteiger partial charge >= 0.3 is 0 Å². The number of aromatic nitrogens is 1. The minimum atomic E-state index is -0.197. The summed E-state index contributed by atoms with van der Waals surface area (Å²) in [5.74, 6) is 0.929. The van der Waals surface area contributed by atoms with Gasteiger partial charge in [0.2, 0.25) is 0 Å². The Morgan fingerprint density at radius 1 is 1.00 bits per heavy atom. The van der Waals surface area contributed by atoms with Crippen LogP contribution >= 0.6 is 0 Å². The van der Waals surface area contributed by atoms with Gasteiger partial charge in [-0.2, -0.15) is 0 Å². The number of carbonyl (C=O) groups excluding carboxylic acids is 1. The number of carbonyl (C=O) groups is 1. The monoisotopic (exact) mass is 391 g/mol. The van der Waals surface area contributed by atoms with E-state index in [0.29, 0.717) is 25.3 Å². The SMILES string of the molecule is CC(C)(C)N(Cc1ccccc1)Cc1ccc(C(=O)NCCc2ccccn2)o1. The molecule has 5 heteroatoms. The smallest absolute Gasteiger partial charge is 0.287 e. The molecule has 0 saturated carbocycles. The fourth-order valence-electron chi connectivity index (χ4n) is 3.04. The fraction of sp³-hybridized carbons (Fsp3) is 0.333. The lowest BCUT2D eigenvalue weighted by molar-refractivity contribution is 0.0906. The average molecular weight is 392 g/mol.